The molecule has 0 N–H and O–H groups in total. The Bertz CT molecular complexity index is 3180. The average Bonchev–Trinajstić information content (AvgIpc) is 3.80. The number of thiophene rings is 1. The fraction of sp³-hybridized carbons (Fsp3) is 0. The molecule has 0 saturated heterocycles. The number of benzene rings is 9. The quantitative estimate of drug-likeness (QED) is 0.178. The van der Waals surface area contributed by atoms with Gasteiger partial charge >= 0.3 is 0 Å². The molecule has 2 heterocycles. The van der Waals surface area contributed by atoms with Crippen LogP contribution in [-0.4, -0.2) is 0 Å². The third-order valence-electron chi connectivity index (χ3n) is 10.6. The van der Waals surface area contributed by atoms with Crippen molar-refractivity contribution in [3.63, 3.8) is 0 Å². The number of hydrogen-bond donors (Lipinski definition) is 0. The zero-order valence-electron chi connectivity index (χ0n) is 28.7. The lowest BCUT2D eigenvalue weighted by Gasteiger charge is -2.27. The van der Waals surface area contributed by atoms with Crippen LogP contribution in [0.25, 0.3) is 85.9 Å². The Morgan fingerprint density at radius 2 is 1.08 bits per heavy atom. The number of hydrogen-bond acceptors (Lipinski definition) is 3. The summed E-state index contributed by atoms with van der Waals surface area (Å²) in [4.78, 5) is 2.42. The lowest BCUT2D eigenvalue weighted by molar-refractivity contribution is 0.672. The molecular weight excluding hydrogens is 663 g/mol. The van der Waals surface area contributed by atoms with Crippen molar-refractivity contribution in [1.82, 2.24) is 0 Å². The molecule has 0 atom stereocenters. The van der Waals surface area contributed by atoms with Crippen LogP contribution in [0, 0.1) is 0 Å². The van der Waals surface area contributed by atoms with Gasteiger partial charge in [0.2, 0.25) is 0 Å². The molecule has 2 nitrogen and oxygen atoms in total. The summed E-state index contributed by atoms with van der Waals surface area (Å²) in [7, 11) is 0. The zero-order chi connectivity index (χ0) is 34.9. The van der Waals surface area contributed by atoms with Crippen molar-refractivity contribution < 1.29 is 4.42 Å². The van der Waals surface area contributed by atoms with Gasteiger partial charge in [0.25, 0.3) is 0 Å². The van der Waals surface area contributed by atoms with E-state index in [-0.39, 0.29) is 0 Å². The second kappa shape index (κ2) is 11.9. The predicted molar refractivity (Wildman–Crippen MR) is 227 cm³/mol. The van der Waals surface area contributed by atoms with E-state index in [0.717, 1.165) is 44.4 Å². The summed E-state index contributed by atoms with van der Waals surface area (Å²) in [6.07, 6.45) is 0. The van der Waals surface area contributed by atoms with Crippen LogP contribution >= 0.6 is 11.3 Å². The fourth-order valence-corrected chi connectivity index (χ4v) is 9.34. The maximum absolute atomic E-state index is 6.72. The summed E-state index contributed by atoms with van der Waals surface area (Å²) in [6, 6.07) is 68.0. The largest absolute Gasteiger partial charge is 0.455 e. The molecule has 11 aromatic rings. The van der Waals surface area contributed by atoms with E-state index in [1.54, 1.807) is 0 Å². The first-order valence-electron chi connectivity index (χ1n) is 18.0. The highest BCUT2D eigenvalue weighted by molar-refractivity contribution is 7.25. The number of furan rings is 1. The van der Waals surface area contributed by atoms with Gasteiger partial charge in [-0.3, -0.25) is 0 Å². The van der Waals surface area contributed by atoms with Crippen LogP contribution < -0.4 is 4.90 Å². The minimum absolute atomic E-state index is 0.874. The van der Waals surface area contributed by atoms with Crippen LogP contribution in [-0.2, 0) is 0 Å². The number of fused-ring (bicyclic) bond motifs is 9. The van der Waals surface area contributed by atoms with Gasteiger partial charge in [-0.1, -0.05) is 133 Å². The highest BCUT2D eigenvalue weighted by Crippen LogP contribution is 2.47. The van der Waals surface area contributed by atoms with Crippen molar-refractivity contribution in [2.75, 3.05) is 4.90 Å². The second-order valence-corrected chi connectivity index (χ2v) is 14.7. The summed E-state index contributed by atoms with van der Waals surface area (Å²) in [5.41, 5.74) is 9.88. The monoisotopic (exact) mass is 693 g/mol. The first-order valence-corrected chi connectivity index (χ1v) is 18.8. The van der Waals surface area contributed by atoms with Gasteiger partial charge in [-0.05, 0) is 93.0 Å². The molecule has 0 saturated carbocycles. The van der Waals surface area contributed by atoms with Gasteiger partial charge < -0.3 is 9.32 Å². The molecule has 9 aromatic carbocycles. The number of nitrogens with zero attached hydrogens (tertiary/aromatic N) is 1. The van der Waals surface area contributed by atoms with Crippen molar-refractivity contribution >= 4 is 92.1 Å². The van der Waals surface area contributed by atoms with Crippen LogP contribution in [0.2, 0.25) is 0 Å². The van der Waals surface area contributed by atoms with Gasteiger partial charge in [-0.15, -0.1) is 11.3 Å². The highest BCUT2D eigenvalue weighted by atomic mass is 32.1. The lowest BCUT2D eigenvalue weighted by Crippen LogP contribution is -2.10. The Kier molecular flexibility index (Phi) is 6.76. The number of rotatable bonds is 5. The maximum Gasteiger partial charge on any atom is 0.143 e. The molecule has 2 aromatic heterocycles. The smallest absolute Gasteiger partial charge is 0.143 e. The van der Waals surface area contributed by atoms with Crippen molar-refractivity contribution in [3.8, 4) is 22.3 Å². The Balaban J connectivity index is 1.18. The van der Waals surface area contributed by atoms with Crippen LogP contribution in [0.15, 0.2) is 192 Å². The van der Waals surface area contributed by atoms with Gasteiger partial charge in [-0.2, -0.15) is 0 Å². The predicted octanol–water partition coefficient (Wildman–Crippen LogP) is 15.1. The minimum atomic E-state index is 0.874. The first-order chi connectivity index (χ1) is 26.3. The van der Waals surface area contributed by atoms with Gasteiger partial charge in [0, 0.05) is 42.3 Å². The molecule has 0 aliphatic rings. The Morgan fingerprint density at radius 1 is 0.396 bits per heavy atom. The maximum atomic E-state index is 6.72. The molecule has 0 radical (unpaired) electrons. The van der Waals surface area contributed by atoms with E-state index < -0.39 is 0 Å². The van der Waals surface area contributed by atoms with Crippen LogP contribution in [0.5, 0.6) is 0 Å². The van der Waals surface area contributed by atoms with E-state index in [2.05, 4.69) is 193 Å². The summed E-state index contributed by atoms with van der Waals surface area (Å²) in [5.74, 6) is 0. The van der Waals surface area contributed by atoms with Crippen LogP contribution in [0.1, 0.15) is 0 Å². The summed E-state index contributed by atoms with van der Waals surface area (Å²) >= 11 is 1.85. The summed E-state index contributed by atoms with van der Waals surface area (Å²) in [6.45, 7) is 0. The molecule has 0 spiro atoms. The SMILES string of the molecule is c1ccc(-c2cccc3cccc(-c4cccc(N(c5ccc6sc7ccccc7c6c5)c5cccc6oc7c8ccccc8ccc7c56)c4)c23)cc1. The first kappa shape index (κ1) is 30.0. The molecule has 0 amide bonds. The van der Waals surface area contributed by atoms with Crippen molar-refractivity contribution in [1.29, 1.82) is 0 Å². The van der Waals surface area contributed by atoms with Crippen molar-refractivity contribution in [2.45, 2.75) is 0 Å². The molecule has 0 bridgehead atoms. The molecule has 0 aliphatic carbocycles. The molecule has 0 aliphatic heterocycles. The van der Waals surface area contributed by atoms with E-state index in [1.807, 2.05) is 11.3 Å². The van der Waals surface area contributed by atoms with E-state index >= 15 is 0 Å². The molecule has 53 heavy (non-hydrogen) atoms. The molecular formula is C50H31NOS. The molecule has 0 unspecified atom stereocenters. The van der Waals surface area contributed by atoms with E-state index in [0.29, 0.717) is 0 Å². The summed E-state index contributed by atoms with van der Waals surface area (Å²) in [5, 5.41) is 9.53. The highest BCUT2D eigenvalue weighted by Gasteiger charge is 2.22. The molecule has 3 heteroatoms. The molecule has 0 fully saturated rings. The minimum Gasteiger partial charge on any atom is -0.455 e. The molecule has 248 valence electrons. The topological polar surface area (TPSA) is 16.4 Å². The fourth-order valence-electron chi connectivity index (χ4n) is 8.25. The van der Waals surface area contributed by atoms with Gasteiger partial charge in [0.15, 0.2) is 0 Å². The van der Waals surface area contributed by atoms with Crippen molar-refractivity contribution in [2.24, 2.45) is 0 Å². The second-order valence-electron chi connectivity index (χ2n) is 13.7. The Morgan fingerprint density at radius 3 is 1.96 bits per heavy atom. The lowest BCUT2D eigenvalue weighted by atomic mass is 9.91. The van der Waals surface area contributed by atoms with E-state index in [4.69, 9.17) is 4.42 Å². The number of anilines is 3. The van der Waals surface area contributed by atoms with Crippen LogP contribution in [0.4, 0.5) is 17.1 Å². The molecule has 11 rings (SSSR count). The summed E-state index contributed by atoms with van der Waals surface area (Å²) < 4.78 is 9.30. The third kappa shape index (κ3) is 4.78. The Labute approximate surface area is 310 Å². The van der Waals surface area contributed by atoms with Crippen molar-refractivity contribution in [3.05, 3.63) is 188 Å². The van der Waals surface area contributed by atoms with E-state index in [9.17, 15) is 0 Å². The van der Waals surface area contributed by atoms with E-state index in [1.165, 1.54) is 58.6 Å². The van der Waals surface area contributed by atoms with Gasteiger partial charge in [0.05, 0.1) is 11.1 Å². The Hall–Kier alpha value is -6.68. The average molecular weight is 694 g/mol. The zero-order valence-corrected chi connectivity index (χ0v) is 29.5. The van der Waals surface area contributed by atoms with Gasteiger partial charge in [-0.25, -0.2) is 0 Å². The normalized spacial score (nSPS) is 11.8. The van der Waals surface area contributed by atoms with Gasteiger partial charge in [0.1, 0.15) is 11.2 Å². The van der Waals surface area contributed by atoms with Crippen LogP contribution in [0.3, 0.4) is 0 Å². The third-order valence-corrected chi connectivity index (χ3v) is 11.8. The standard InChI is InChI=1S/C50H31NOS/c1-2-12-32(13-3-1)38-21-9-15-34-16-10-22-39(48(34)38)35-17-8-18-36(30-35)51(37-27-29-47-43(31-37)41-20-6-7-25-46(41)53-47)44-23-11-24-45-49(44)42-28-26-33-14-4-5-19-40(33)50(42)52-45/h1-31H.